The van der Waals surface area contributed by atoms with Crippen molar-refractivity contribution in [2.24, 2.45) is 0 Å². The molecule has 0 amide bonds. The van der Waals surface area contributed by atoms with E-state index >= 15 is 0 Å². The Hall–Kier alpha value is -7.68. The molecule has 0 saturated carbocycles. The second kappa shape index (κ2) is 34.6. The first-order valence-corrected chi connectivity index (χ1v) is 34.0. The molecule has 0 aliphatic carbocycles. The van der Waals surface area contributed by atoms with Crippen molar-refractivity contribution in [3.8, 4) is 0 Å². The van der Waals surface area contributed by atoms with Crippen LogP contribution in [0.2, 0.25) is 0 Å². The van der Waals surface area contributed by atoms with Crippen molar-refractivity contribution in [2.45, 2.75) is 108 Å². The average Bonchev–Trinajstić information content (AvgIpc) is 1.69. The number of fused-ring (bicyclic) bond motifs is 6. The van der Waals surface area contributed by atoms with E-state index in [2.05, 4.69) is 335 Å². The van der Waals surface area contributed by atoms with Crippen LogP contribution in [-0.2, 0) is 38.5 Å². The fraction of sp³-hybridized carbons (Fsp3) is 0.415. The zero-order valence-electron chi connectivity index (χ0n) is 61.7. The van der Waals surface area contributed by atoms with Crippen molar-refractivity contribution < 1.29 is 0 Å². The van der Waals surface area contributed by atoms with Gasteiger partial charge in [0.1, 0.15) is 0 Å². The minimum absolute atomic E-state index is 1.10. The first-order chi connectivity index (χ1) is 44.7. The summed E-state index contributed by atoms with van der Waals surface area (Å²) in [5.41, 5.74) is 29.7. The minimum Gasteiger partial charge on any atom is -0.361 e. The molecule has 12 heteroatoms. The molecule has 6 aromatic heterocycles. The van der Waals surface area contributed by atoms with Crippen molar-refractivity contribution >= 4 is 65.4 Å². The van der Waals surface area contributed by atoms with E-state index in [9.17, 15) is 0 Å². The average molecular weight is 1270 g/mol. The van der Waals surface area contributed by atoms with Gasteiger partial charge in [-0.1, -0.05) is 53.6 Å². The first-order valence-electron chi connectivity index (χ1n) is 34.0. The van der Waals surface area contributed by atoms with Crippen molar-refractivity contribution in [3.63, 3.8) is 0 Å². The highest BCUT2D eigenvalue weighted by molar-refractivity contribution is 5.90. The third-order valence-electron chi connectivity index (χ3n) is 18.2. The molecule has 12 rings (SSSR count). The maximum absolute atomic E-state index is 3.46. The molecule has 0 aliphatic heterocycles. The third-order valence-corrected chi connectivity index (χ3v) is 18.2. The van der Waals surface area contributed by atoms with E-state index in [1.165, 1.54) is 155 Å². The highest BCUT2D eigenvalue weighted by atomic mass is 15.1. The second-order valence-electron chi connectivity index (χ2n) is 28.1. The molecule has 6 N–H and O–H groups in total. The molecule has 0 saturated heterocycles. The Kier molecular flexibility index (Phi) is 27.2. The molecule has 0 spiro atoms. The van der Waals surface area contributed by atoms with Gasteiger partial charge in [0, 0.05) is 141 Å². The van der Waals surface area contributed by atoms with Crippen LogP contribution < -0.4 is 0 Å². The normalized spacial score (nSPS) is 11.5. The molecule has 12 nitrogen and oxygen atoms in total. The Labute approximate surface area is 564 Å². The van der Waals surface area contributed by atoms with E-state index in [0.29, 0.717) is 0 Å². The van der Waals surface area contributed by atoms with Gasteiger partial charge in [-0.2, -0.15) is 0 Å². The van der Waals surface area contributed by atoms with Crippen LogP contribution in [0.5, 0.6) is 0 Å². The van der Waals surface area contributed by atoms with Gasteiger partial charge in [-0.15, -0.1) is 0 Å². The van der Waals surface area contributed by atoms with E-state index in [4.69, 9.17) is 0 Å². The van der Waals surface area contributed by atoms with Crippen LogP contribution in [0.15, 0.2) is 122 Å². The molecule has 0 aliphatic rings. The lowest BCUT2D eigenvalue weighted by Gasteiger charge is -2.09. The highest BCUT2D eigenvalue weighted by Crippen LogP contribution is 2.29. The predicted molar refractivity (Wildman–Crippen MR) is 411 cm³/mol. The standard InChI is InChI=1S/4C14H20N2.2C13H18N2/c1-10-7-13-12(5-6-16(3)4)9-15-14(13)8-11(10)2;1-10-7-11(2)14-13(8-10)12(9-15-14)5-6-16(3)4;1-10-5-6-13-14(11(10)2)12(9-15-13)7-8-16(3)4;1-10-5-6-14-13(9-10)12(11(2)15-14)7-8-16(3)4;1-10-4-5-12-11(6-7-15(2)3)9-14-13(12)8-10;1-10-5-4-6-12-13(10)11(9-14-12)7-8-15(2)3/h2*7-9,15H,5-6H2,1-4H3;2*5-6,9,15H,7-8H2,1-4H3;4-5,8-9,14H,6-7H2,1-3H3;4-6,9,14H,7-8H2,1-3H3. The number of likely N-dealkylation sites (N-methyl/N-ethyl adjacent to an activating group) is 6. The summed E-state index contributed by atoms with van der Waals surface area (Å²) in [5, 5.41) is 8.34. The Balaban J connectivity index is 0.000000160. The molecule has 94 heavy (non-hydrogen) atoms. The van der Waals surface area contributed by atoms with Gasteiger partial charge in [-0.3, -0.25) is 0 Å². The lowest BCUT2D eigenvalue weighted by molar-refractivity contribution is 0.414. The number of hydrogen-bond acceptors (Lipinski definition) is 6. The number of H-pyrrole nitrogens is 6. The van der Waals surface area contributed by atoms with Crippen LogP contribution in [0, 0.1) is 69.2 Å². The molecular weight excluding hydrogens is 1150 g/mol. The van der Waals surface area contributed by atoms with Crippen LogP contribution in [-0.4, -0.2) is 183 Å². The molecule has 0 radical (unpaired) electrons. The fourth-order valence-corrected chi connectivity index (χ4v) is 12.3. The van der Waals surface area contributed by atoms with Gasteiger partial charge in [0.25, 0.3) is 0 Å². The Morgan fingerprint density at radius 2 is 0.723 bits per heavy atom. The zero-order chi connectivity index (χ0) is 68.5. The number of nitrogens with one attached hydrogen (secondary N) is 6. The van der Waals surface area contributed by atoms with Gasteiger partial charge in [-0.05, 0) is 313 Å². The molecule has 6 heterocycles. The van der Waals surface area contributed by atoms with Crippen molar-refractivity contribution in [1.82, 2.24) is 59.3 Å². The van der Waals surface area contributed by atoms with Crippen LogP contribution in [0.1, 0.15) is 89.1 Å². The summed E-state index contributed by atoms with van der Waals surface area (Å²) in [6, 6.07) is 33.0. The quantitative estimate of drug-likeness (QED) is 0.0510. The molecule has 0 unspecified atom stereocenters. The smallest absolute Gasteiger partial charge is 0.0486 e. The van der Waals surface area contributed by atoms with Crippen molar-refractivity contribution in [3.05, 3.63) is 211 Å². The maximum atomic E-state index is 3.46. The summed E-state index contributed by atoms with van der Waals surface area (Å²) in [4.78, 5) is 33.6. The summed E-state index contributed by atoms with van der Waals surface area (Å²) in [5.74, 6) is 0. The molecule has 12 aromatic rings. The van der Waals surface area contributed by atoms with E-state index in [0.717, 1.165) is 77.8 Å². The van der Waals surface area contributed by atoms with Gasteiger partial charge in [0.05, 0.1) is 0 Å². The van der Waals surface area contributed by atoms with E-state index in [1.807, 2.05) is 0 Å². The van der Waals surface area contributed by atoms with Crippen LogP contribution >= 0.6 is 0 Å². The largest absolute Gasteiger partial charge is 0.361 e. The Bertz CT molecular complexity index is 4310. The number of nitrogens with zero attached hydrogens (tertiary/aromatic N) is 6. The van der Waals surface area contributed by atoms with E-state index in [-0.39, 0.29) is 0 Å². The summed E-state index contributed by atoms with van der Waals surface area (Å²) in [7, 11) is 25.4. The summed E-state index contributed by atoms with van der Waals surface area (Å²) in [6.45, 7) is 28.3. The molecule has 6 aromatic carbocycles. The number of benzene rings is 6. The summed E-state index contributed by atoms with van der Waals surface area (Å²) >= 11 is 0. The van der Waals surface area contributed by atoms with Gasteiger partial charge in [0.2, 0.25) is 0 Å². The van der Waals surface area contributed by atoms with Gasteiger partial charge >= 0.3 is 0 Å². The predicted octanol–water partition coefficient (Wildman–Crippen LogP) is 16.7. The molecule has 504 valence electrons. The third kappa shape index (κ3) is 20.7. The number of aromatic nitrogens is 6. The number of hydrogen-bond donors (Lipinski definition) is 6. The SMILES string of the molecule is Cc1cc(C)c2[nH]cc(CCN(C)C)c2c1.Cc1cc2[nH]cc(CCN(C)C)c2cc1C.Cc1ccc2[nH]c(C)c(CCN(C)C)c2c1.Cc1ccc2[nH]cc(CCN(C)C)c2c1C.Cc1ccc2c(CCN(C)C)c[nH]c2c1.Cc1cccc2[nH]cc(CCN(C)C)c12. The van der Waals surface area contributed by atoms with Crippen LogP contribution in [0.3, 0.4) is 0 Å². The molecule has 0 bridgehead atoms. The minimum atomic E-state index is 1.10. The lowest BCUT2D eigenvalue weighted by atomic mass is 10.0. The van der Waals surface area contributed by atoms with Crippen LogP contribution in [0.4, 0.5) is 0 Å². The summed E-state index contributed by atoms with van der Waals surface area (Å²) < 4.78 is 0. The van der Waals surface area contributed by atoms with E-state index < -0.39 is 0 Å². The van der Waals surface area contributed by atoms with Crippen LogP contribution in [0.25, 0.3) is 65.4 Å². The fourth-order valence-electron chi connectivity index (χ4n) is 12.3. The highest BCUT2D eigenvalue weighted by Gasteiger charge is 2.13. The lowest BCUT2D eigenvalue weighted by Crippen LogP contribution is -2.15. The molecule has 0 atom stereocenters. The van der Waals surface area contributed by atoms with Crippen molar-refractivity contribution in [1.29, 1.82) is 0 Å². The molecule has 0 fully saturated rings. The maximum Gasteiger partial charge on any atom is 0.0486 e. The topological polar surface area (TPSA) is 114 Å². The summed E-state index contributed by atoms with van der Waals surface area (Å²) in [6.07, 6.45) is 17.4. The van der Waals surface area contributed by atoms with Crippen molar-refractivity contribution in [2.75, 3.05) is 124 Å². The zero-order valence-corrected chi connectivity index (χ0v) is 61.7. The monoisotopic (exact) mass is 1270 g/mol. The number of aryl methyl sites for hydroxylation is 10. The number of rotatable bonds is 18. The number of aromatic amines is 6. The van der Waals surface area contributed by atoms with Gasteiger partial charge in [0.15, 0.2) is 0 Å². The second-order valence-corrected chi connectivity index (χ2v) is 28.1. The first kappa shape index (κ1) is 73.7. The Morgan fingerprint density at radius 3 is 1.31 bits per heavy atom. The van der Waals surface area contributed by atoms with E-state index in [1.54, 1.807) is 0 Å². The van der Waals surface area contributed by atoms with Gasteiger partial charge in [-0.25, -0.2) is 0 Å². The Morgan fingerprint density at radius 1 is 0.287 bits per heavy atom. The van der Waals surface area contributed by atoms with Gasteiger partial charge < -0.3 is 59.3 Å². The molecular formula is C82H116N12.